The Bertz CT molecular complexity index is 911. The molecular weight excluding hydrogens is 364 g/mol. The van der Waals surface area contributed by atoms with Gasteiger partial charge in [0.2, 0.25) is 0 Å². The van der Waals surface area contributed by atoms with E-state index in [4.69, 9.17) is 0 Å². The molecule has 0 radical (unpaired) electrons. The molecule has 2 amide bonds. The van der Waals surface area contributed by atoms with Gasteiger partial charge >= 0.3 is 6.03 Å². The van der Waals surface area contributed by atoms with Gasteiger partial charge in [0, 0.05) is 30.1 Å². The van der Waals surface area contributed by atoms with E-state index in [1.54, 1.807) is 22.7 Å². The zero-order valence-electron chi connectivity index (χ0n) is 14.9. The molecule has 7 heteroatoms. The summed E-state index contributed by atoms with van der Waals surface area (Å²) in [4.78, 5) is 24.6. The topological polar surface area (TPSA) is 58.1 Å². The Hall–Kier alpha value is -1.99. The largest absolute Gasteiger partial charge is 0.331 e. The van der Waals surface area contributed by atoms with Crippen LogP contribution >= 0.6 is 22.7 Å². The van der Waals surface area contributed by atoms with E-state index < -0.39 is 0 Å². The van der Waals surface area contributed by atoms with Crippen molar-refractivity contribution in [2.24, 2.45) is 0 Å². The van der Waals surface area contributed by atoms with E-state index in [-0.39, 0.29) is 12.1 Å². The summed E-state index contributed by atoms with van der Waals surface area (Å²) in [5, 5.41) is 4.36. The zero-order valence-corrected chi connectivity index (χ0v) is 16.6. The first-order chi connectivity index (χ1) is 12.6. The molecule has 5 nitrogen and oxygen atoms in total. The molecule has 26 heavy (non-hydrogen) atoms. The molecule has 0 aliphatic carbocycles. The fourth-order valence-electron chi connectivity index (χ4n) is 3.39. The maximum atomic E-state index is 12.6. The first-order valence-electron chi connectivity index (χ1n) is 8.91. The molecule has 3 aromatic rings. The number of aromatic nitrogens is 2. The maximum Gasteiger partial charge on any atom is 0.317 e. The molecule has 1 fully saturated rings. The number of nitrogens with one attached hydrogen (secondary N) is 1. The number of piperidine rings is 1. The van der Waals surface area contributed by atoms with E-state index in [9.17, 15) is 4.79 Å². The van der Waals surface area contributed by atoms with E-state index >= 15 is 0 Å². The predicted molar refractivity (Wildman–Crippen MR) is 107 cm³/mol. The Labute approximate surface area is 161 Å². The molecule has 0 saturated carbocycles. The number of amides is 2. The first-order valence-corrected chi connectivity index (χ1v) is 10.6. The third-order valence-corrected chi connectivity index (χ3v) is 6.83. The summed E-state index contributed by atoms with van der Waals surface area (Å²) in [5.41, 5.74) is 3.98. The Morgan fingerprint density at radius 3 is 2.85 bits per heavy atom. The Morgan fingerprint density at radius 2 is 2.12 bits per heavy atom. The lowest BCUT2D eigenvalue weighted by atomic mass is 9.98. The fourth-order valence-corrected chi connectivity index (χ4v) is 5.06. The van der Waals surface area contributed by atoms with Crippen LogP contribution in [0.5, 0.6) is 0 Å². The number of carbonyl (C=O) groups excluding carboxylic acids is 1. The molecule has 1 saturated heterocycles. The van der Waals surface area contributed by atoms with Gasteiger partial charge in [0.25, 0.3) is 0 Å². The SMILES string of the molecule is Cc1cnc(C2CCN(C(=O)NC(C)c3ccc4ncsc4c3)CC2)s1. The van der Waals surface area contributed by atoms with Crippen molar-refractivity contribution in [3.05, 3.63) is 45.4 Å². The van der Waals surface area contributed by atoms with Crippen LogP contribution in [0.2, 0.25) is 0 Å². The molecule has 1 aromatic carbocycles. The number of fused-ring (bicyclic) bond motifs is 1. The lowest BCUT2D eigenvalue weighted by Crippen LogP contribution is -2.44. The molecule has 136 valence electrons. The molecule has 4 rings (SSSR count). The van der Waals surface area contributed by atoms with Gasteiger partial charge in [-0.15, -0.1) is 22.7 Å². The third kappa shape index (κ3) is 3.59. The van der Waals surface area contributed by atoms with Crippen LogP contribution in [0.4, 0.5) is 4.79 Å². The normalized spacial score (nSPS) is 16.8. The number of urea groups is 1. The van der Waals surface area contributed by atoms with Crippen molar-refractivity contribution in [1.82, 2.24) is 20.2 Å². The van der Waals surface area contributed by atoms with Crippen LogP contribution < -0.4 is 5.32 Å². The molecule has 0 spiro atoms. The molecule has 1 aliphatic rings. The Balaban J connectivity index is 1.34. The average molecular weight is 387 g/mol. The second-order valence-electron chi connectivity index (χ2n) is 6.82. The van der Waals surface area contributed by atoms with E-state index in [1.165, 1.54) is 9.88 Å². The van der Waals surface area contributed by atoms with Gasteiger partial charge in [-0.1, -0.05) is 6.07 Å². The summed E-state index contributed by atoms with van der Waals surface area (Å²) in [7, 11) is 0. The number of rotatable bonds is 3. The standard InChI is InChI=1S/C19H22N4OS2/c1-12-10-20-18(26-12)14-5-7-23(8-6-14)19(24)22-13(2)15-3-4-16-17(9-15)25-11-21-16/h3-4,9-11,13-14H,5-8H2,1-2H3,(H,22,24). The summed E-state index contributed by atoms with van der Waals surface area (Å²) in [6.07, 6.45) is 3.92. The van der Waals surface area contributed by atoms with Crippen molar-refractivity contribution in [3.63, 3.8) is 0 Å². The minimum atomic E-state index is -0.0201. The molecule has 1 atom stereocenters. The highest BCUT2D eigenvalue weighted by Gasteiger charge is 2.26. The van der Waals surface area contributed by atoms with E-state index in [1.807, 2.05) is 35.7 Å². The van der Waals surface area contributed by atoms with Gasteiger partial charge < -0.3 is 10.2 Å². The second-order valence-corrected chi connectivity index (χ2v) is 8.97. The number of nitrogens with zero attached hydrogens (tertiary/aromatic N) is 3. The van der Waals surface area contributed by atoms with Crippen molar-refractivity contribution in [2.75, 3.05) is 13.1 Å². The summed E-state index contributed by atoms with van der Waals surface area (Å²) < 4.78 is 1.16. The fraction of sp³-hybridized carbons (Fsp3) is 0.421. The van der Waals surface area contributed by atoms with Crippen LogP contribution in [-0.2, 0) is 0 Å². The van der Waals surface area contributed by atoms with Crippen molar-refractivity contribution in [3.8, 4) is 0 Å². The third-order valence-electron chi connectivity index (χ3n) is 4.97. The van der Waals surface area contributed by atoms with Crippen LogP contribution in [-0.4, -0.2) is 34.0 Å². The lowest BCUT2D eigenvalue weighted by Gasteiger charge is -2.32. The highest BCUT2D eigenvalue weighted by Crippen LogP contribution is 2.31. The summed E-state index contributed by atoms with van der Waals surface area (Å²) >= 11 is 3.41. The van der Waals surface area contributed by atoms with E-state index in [0.29, 0.717) is 5.92 Å². The minimum absolute atomic E-state index is 0.0201. The second kappa shape index (κ2) is 7.32. The van der Waals surface area contributed by atoms with Crippen LogP contribution in [0.25, 0.3) is 10.2 Å². The van der Waals surface area contributed by atoms with Crippen LogP contribution in [0.1, 0.15) is 47.2 Å². The molecule has 3 heterocycles. The van der Waals surface area contributed by atoms with Crippen LogP contribution in [0, 0.1) is 6.92 Å². The number of hydrogen-bond acceptors (Lipinski definition) is 5. The highest BCUT2D eigenvalue weighted by molar-refractivity contribution is 7.16. The quantitative estimate of drug-likeness (QED) is 0.709. The molecule has 2 aromatic heterocycles. The zero-order chi connectivity index (χ0) is 18.1. The van der Waals surface area contributed by atoms with Crippen molar-refractivity contribution >= 4 is 38.9 Å². The van der Waals surface area contributed by atoms with E-state index in [2.05, 4.69) is 28.3 Å². The predicted octanol–water partition coefficient (Wildman–Crippen LogP) is 4.71. The monoisotopic (exact) mass is 386 g/mol. The molecular formula is C19H22N4OS2. The minimum Gasteiger partial charge on any atom is -0.331 e. The highest BCUT2D eigenvalue weighted by atomic mass is 32.1. The van der Waals surface area contributed by atoms with Crippen LogP contribution in [0.3, 0.4) is 0 Å². The summed E-state index contributed by atoms with van der Waals surface area (Å²) in [6.45, 7) is 5.70. The first kappa shape index (κ1) is 17.4. The van der Waals surface area contributed by atoms with Gasteiger partial charge in [-0.3, -0.25) is 0 Å². The molecule has 1 N–H and O–H groups in total. The maximum absolute atomic E-state index is 12.6. The van der Waals surface area contributed by atoms with E-state index in [0.717, 1.165) is 41.7 Å². The Kier molecular flexibility index (Phi) is 4.91. The summed E-state index contributed by atoms with van der Waals surface area (Å²) in [5.74, 6) is 0.490. The van der Waals surface area contributed by atoms with Gasteiger partial charge in [-0.25, -0.2) is 14.8 Å². The van der Waals surface area contributed by atoms with Crippen LogP contribution in [0.15, 0.2) is 29.9 Å². The smallest absolute Gasteiger partial charge is 0.317 e. The molecule has 1 aliphatic heterocycles. The number of benzene rings is 1. The van der Waals surface area contributed by atoms with Gasteiger partial charge in [0.05, 0.1) is 26.8 Å². The number of aryl methyl sites for hydroxylation is 1. The number of hydrogen-bond donors (Lipinski definition) is 1. The van der Waals surface area contributed by atoms with Crippen molar-refractivity contribution in [1.29, 1.82) is 0 Å². The lowest BCUT2D eigenvalue weighted by molar-refractivity contribution is 0.178. The van der Waals surface area contributed by atoms with Crippen molar-refractivity contribution < 1.29 is 4.79 Å². The van der Waals surface area contributed by atoms with Gasteiger partial charge in [0.1, 0.15) is 0 Å². The number of thiazole rings is 2. The van der Waals surface area contributed by atoms with Gasteiger partial charge in [-0.2, -0.15) is 0 Å². The van der Waals surface area contributed by atoms with Crippen molar-refractivity contribution in [2.45, 2.75) is 38.6 Å². The van der Waals surface area contributed by atoms with Gasteiger partial charge in [-0.05, 0) is 44.4 Å². The summed E-state index contributed by atoms with van der Waals surface area (Å²) in [6, 6.07) is 6.19. The average Bonchev–Trinajstić information content (AvgIpc) is 3.29. The Morgan fingerprint density at radius 1 is 1.31 bits per heavy atom. The number of carbonyl (C=O) groups is 1. The molecule has 1 unspecified atom stereocenters. The molecule has 0 bridgehead atoms. The number of likely N-dealkylation sites (tertiary alicyclic amines) is 1. The van der Waals surface area contributed by atoms with Gasteiger partial charge in [0.15, 0.2) is 0 Å².